The molecule has 1 aromatic heterocycles. The Morgan fingerprint density at radius 3 is 2.79 bits per heavy atom. The van der Waals surface area contributed by atoms with Gasteiger partial charge in [0.1, 0.15) is 18.2 Å². The highest BCUT2D eigenvalue weighted by molar-refractivity contribution is 5.47. The van der Waals surface area contributed by atoms with E-state index in [-0.39, 0.29) is 12.1 Å². The second-order valence-corrected chi connectivity index (χ2v) is 4.73. The summed E-state index contributed by atoms with van der Waals surface area (Å²) in [4.78, 5) is 8.52. The molecule has 0 aromatic carbocycles. The number of ether oxygens (including phenoxy) is 1. The van der Waals surface area contributed by atoms with E-state index < -0.39 is 0 Å². The third-order valence-electron chi connectivity index (χ3n) is 3.26. The van der Waals surface area contributed by atoms with Gasteiger partial charge in [-0.05, 0) is 12.8 Å². The molecule has 1 aromatic rings. The van der Waals surface area contributed by atoms with E-state index in [0.717, 1.165) is 25.7 Å². The number of methoxy groups -OCH3 is 1. The molecular weight excluding hydrogens is 246 g/mol. The molecule has 2 rings (SSSR count). The Morgan fingerprint density at radius 2 is 2.11 bits per heavy atom. The van der Waals surface area contributed by atoms with Gasteiger partial charge in [0.15, 0.2) is 5.82 Å². The van der Waals surface area contributed by atoms with Crippen LogP contribution in [0.15, 0.2) is 6.07 Å². The van der Waals surface area contributed by atoms with E-state index in [1.54, 1.807) is 13.2 Å². The number of hydrogen-bond donors (Lipinski definition) is 4. The Hall–Kier alpha value is -1.44. The number of hydrogen-bond acceptors (Lipinski definition) is 7. The maximum atomic E-state index is 9.96. The molecule has 0 spiro atoms. The summed E-state index contributed by atoms with van der Waals surface area (Å²) >= 11 is 0. The highest BCUT2D eigenvalue weighted by Crippen LogP contribution is 2.22. The molecule has 0 saturated heterocycles. The summed E-state index contributed by atoms with van der Waals surface area (Å²) in [6, 6.07) is 1.75. The topological polar surface area (TPSA) is 105 Å². The largest absolute Gasteiger partial charge is 0.391 e. The first kappa shape index (κ1) is 14.0. The Morgan fingerprint density at radius 1 is 1.37 bits per heavy atom. The second kappa shape index (κ2) is 6.65. The van der Waals surface area contributed by atoms with Crippen LogP contribution in [0.5, 0.6) is 0 Å². The molecule has 0 amide bonds. The molecule has 1 aliphatic rings. The summed E-state index contributed by atoms with van der Waals surface area (Å²) in [6.45, 7) is 0.317. The van der Waals surface area contributed by atoms with Crippen molar-refractivity contribution in [1.82, 2.24) is 9.97 Å². The minimum absolute atomic E-state index is 0.0321. The van der Waals surface area contributed by atoms with Gasteiger partial charge in [-0.15, -0.1) is 0 Å². The SMILES string of the molecule is COCc1nc(NN)cc(NC2CCCCC2O)n1. The van der Waals surface area contributed by atoms with Crippen LogP contribution in [0.2, 0.25) is 0 Å². The van der Waals surface area contributed by atoms with Crippen LogP contribution in [0.1, 0.15) is 31.5 Å². The Balaban J connectivity index is 2.11. The van der Waals surface area contributed by atoms with Gasteiger partial charge >= 0.3 is 0 Å². The maximum Gasteiger partial charge on any atom is 0.158 e. The number of aliphatic hydroxyl groups excluding tert-OH is 1. The molecule has 0 radical (unpaired) electrons. The second-order valence-electron chi connectivity index (χ2n) is 4.73. The summed E-state index contributed by atoms with van der Waals surface area (Å²) in [5.74, 6) is 7.11. The van der Waals surface area contributed by atoms with E-state index >= 15 is 0 Å². The quantitative estimate of drug-likeness (QED) is 0.458. The summed E-state index contributed by atoms with van der Waals surface area (Å²) in [6.07, 6.45) is 3.63. The molecule has 0 bridgehead atoms. The van der Waals surface area contributed by atoms with Crippen LogP contribution in [0, 0.1) is 0 Å². The normalized spacial score (nSPS) is 23.1. The number of nitrogens with two attached hydrogens (primary N) is 1. The van der Waals surface area contributed by atoms with Gasteiger partial charge in [0, 0.05) is 13.2 Å². The van der Waals surface area contributed by atoms with Crippen LogP contribution in [0.3, 0.4) is 0 Å². The van der Waals surface area contributed by atoms with Gasteiger partial charge < -0.3 is 20.6 Å². The van der Waals surface area contributed by atoms with E-state index in [9.17, 15) is 5.11 Å². The Labute approximate surface area is 112 Å². The maximum absolute atomic E-state index is 9.96. The van der Waals surface area contributed by atoms with E-state index in [4.69, 9.17) is 10.6 Å². The molecule has 1 saturated carbocycles. The van der Waals surface area contributed by atoms with Crippen molar-refractivity contribution in [2.45, 2.75) is 44.4 Å². The van der Waals surface area contributed by atoms with Crippen molar-refractivity contribution >= 4 is 11.6 Å². The van der Waals surface area contributed by atoms with Crippen LogP contribution in [0.25, 0.3) is 0 Å². The van der Waals surface area contributed by atoms with E-state index in [0.29, 0.717) is 24.1 Å². The lowest BCUT2D eigenvalue weighted by Crippen LogP contribution is -2.36. The summed E-state index contributed by atoms with van der Waals surface area (Å²) < 4.78 is 5.02. The molecule has 7 nitrogen and oxygen atoms in total. The van der Waals surface area contributed by atoms with Gasteiger partial charge in [-0.1, -0.05) is 12.8 Å². The van der Waals surface area contributed by atoms with E-state index in [1.165, 1.54) is 0 Å². The van der Waals surface area contributed by atoms with Crippen LogP contribution in [-0.4, -0.2) is 34.3 Å². The number of anilines is 2. The van der Waals surface area contributed by atoms with Crippen molar-refractivity contribution in [3.63, 3.8) is 0 Å². The van der Waals surface area contributed by atoms with E-state index in [2.05, 4.69) is 20.7 Å². The molecule has 2 unspecified atom stereocenters. The Bertz CT molecular complexity index is 415. The van der Waals surface area contributed by atoms with Crippen LogP contribution >= 0.6 is 0 Å². The third kappa shape index (κ3) is 3.76. The summed E-state index contributed by atoms with van der Waals surface area (Å²) in [5, 5.41) is 13.2. The molecule has 7 heteroatoms. The van der Waals surface area contributed by atoms with Crippen molar-refractivity contribution in [1.29, 1.82) is 0 Å². The highest BCUT2D eigenvalue weighted by Gasteiger charge is 2.23. The number of nitrogen functional groups attached to an aromatic ring is 1. The lowest BCUT2D eigenvalue weighted by Gasteiger charge is -2.28. The molecule has 0 aliphatic heterocycles. The average molecular weight is 267 g/mol. The number of nitrogens with zero attached hydrogens (tertiary/aromatic N) is 2. The zero-order chi connectivity index (χ0) is 13.7. The summed E-state index contributed by atoms with van der Waals surface area (Å²) in [7, 11) is 1.59. The van der Waals surface area contributed by atoms with Crippen molar-refractivity contribution in [2.75, 3.05) is 17.9 Å². The number of aliphatic hydroxyl groups is 1. The first-order valence-electron chi connectivity index (χ1n) is 6.51. The monoisotopic (exact) mass is 267 g/mol. The van der Waals surface area contributed by atoms with Crippen LogP contribution in [0.4, 0.5) is 11.6 Å². The highest BCUT2D eigenvalue weighted by atomic mass is 16.5. The molecule has 1 heterocycles. The zero-order valence-electron chi connectivity index (χ0n) is 11.1. The van der Waals surface area contributed by atoms with Crippen molar-refractivity contribution in [3.05, 3.63) is 11.9 Å². The number of hydrazine groups is 1. The van der Waals surface area contributed by atoms with Gasteiger partial charge in [0.2, 0.25) is 0 Å². The lowest BCUT2D eigenvalue weighted by molar-refractivity contribution is 0.116. The fraction of sp³-hybridized carbons (Fsp3) is 0.667. The zero-order valence-corrected chi connectivity index (χ0v) is 11.1. The van der Waals surface area contributed by atoms with Gasteiger partial charge in [0.05, 0.1) is 12.1 Å². The average Bonchev–Trinajstić information content (AvgIpc) is 2.41. The molecular formula is C12H21N5O2. The molecule has 1 fully saturated rings. The summed E-state index contributed by atoms with van der Waals surface area (Å²) in [5.41, 5.74) is 2.51. The number of rotatable bonds is 5. The van der Waals surface area contributed by atoms with Crippen LogP contribution in [-0.2, 0) is 11.3 Å². The molecule has 5 N–H and O–H groups in total. The fourth-order valence-electron chi connectivity index (χ4n) is 2.31. The fourth-order valence-corrected chi connectivity index (χ4v) is 2.31. The lowest BCUT2D eigenvalue weighted by atomic mass is 9.92. The van der Waals surface area contributed by atoms with Gasteiger partial charge in [-0.25, -0.2) is 15.8 Å². The van der Waals surface area contributed by atoms with E-state index in [1.807, 2.05) is 0 Å². The van der Waals surface area contributed by atoms with Gasteiger partial charge in [-0.2, -0.15) is 0 Å². The number of aromatic nitrogens is 2. The van der Waals surface area contributed by atoms with Crippen LogP contribution < -0.4 is 16.6 Å². The molecule has 2 atom stereocenters. The van der Waals surface area contributed by atoms with Gasteiger partial charge in [0.25, 0.3) is 0 Å². The minimum atomic E-state index is -0.330. The molecule has 106 valence electrons. The van der Waals surface area contributed by atoms with Crippen molar-refractivity contribution in [2.24, 2.45) is 5.84 Å². The first-order chi connectivity index (χ1) is 9.22. The molecule has 1 aliphatic carbocycles. The third-order valence-corrected chi connectivity index (χ3v) is 3.26. The predicted molar refractivity (Wildman–Crippen MR) is 72.4 cm³/mol. The van der Waals surface area contributed by atoms with Crippen molar-refractivity contribution in [3.8, 4) is 0 Å². The van der Waals surface area contributed by atoms with Crippen molar-refractivity contribution < 1.29 is 9.84 Å². The number of nitrogens with one attached hydrogen (secondary N) is 2. The first-order valence-corrected chi connectivity index (χ1v) is 6.51. The predicted octanol–water partition coefficient (Wildman–Crippen LogP) is 0.624. The van der Waals surface area contributed by atoms with Gasteiger partial charge in [-0.3, -0.25) is 0 Å². The minimum Gasteiger partial charge on any atom is -0.391 e. The smallest absolute Gasteiger partial charge is 0.158 e. The Kier molecular flexibility index (Phi) is 4.89. The molecule has 19 heavy (non-hydrogen) atoms. The standard InChI is InChI=1S/C12H21N5O2/c1-19-7-12-15-10(6-11(16-12)17-13)14-8-4-2-3-5-9(8)18/h6,8-9,18H,2-5,7,13H2,1H3,(H2,14,15,16,17).